The summed E-state index contributed by atoms with van der Waals surface area (Å²) in [6.45, 7) is 3.07. The normalized spacial score (nSPS) is 14.8. The molecule has 4 N–H and O–H groups in total. The lowest BCUT2D eigenvalue weighted by Crippen LogP contribution is -2.49. The van der Waals surface area contributed by atoms with E-state index in [9.17, 15) is 36.6 Å². The largest absolute Gasteiger partial charge is 0.480 e. The van der Waals surface area contributed by atoms with Crippen LogP contribution in [0, 0.1) is 16.7 Å². The predicted octanol–water partition coefficient (Wildman–Crippen LogP) is 3.11. The van der Waals surface area contributed by atoms with E-state index in [1.54, 1.807) is 6.07 Å². The summed E-state index contributed by atoms with van der Waals surface area (Å²) in [7, 11) is -9.77. The lowest BCUT2D eigenvalue weighted by Gasteiger charge is -2.32. The average Bonchev–Trinajstić information content (AvgIpc) is 2.69. The average molecular weight is 530 g/mol. The number of rotatable bonds is 18. The van der Waals surface area contributed by atoms with Gasteiger partial charge in [0.2, 0.25) is 0 Å². The number of hydrogen-bond acceptors (Lipinski definition) is 7. The van der Waals surface area contributed by atoms with Gasteiger partial charge >= 0.3 is 26.6 Å². The summed E-state index contributed by atoms with van der Waals surface area (Å²) in [5.74, 6) is -1.70. The first-order chi connectivity index (χ1) is 15.2. The van der Waals surface area contributed by atoms with Gasteiger partial charge in [-0.3, -0.25) is 13.9 Å². The maximum absolute atomic E-state index is 11.9. The highest BCUT2D eigenvalue weighted by atomic mass is 32.2. The molecule has 192 valence electrons. The van der Waals surface area contributed by atoms with Crippen LogP contribution in [0.15, 0.2) is 0 Å². The van der Waals surface area contributed by atoms with Crippen LogP contribution in [-0.2, 0) is 25.4 Å². The predicted molar refractivity (Wildman–Crippen MR) is 127 cm³/mol. The molecule has 0 bridgehead atoms. The minimum Gasteiger partial charge on any atom is -0.480 e. The Morgan fingerprint density at radius 1 is 1.03 bits per heavy atom. The summed E-state index contributed by atoms with van der Waals surface area (Å²) in [6.07, 6.45) is 9.12. The monoisotopic (exact) mass is 529 g/mol. The van der Waals surface area contributed by atoms with Crippen molar-refractivity contribution in [3.05, 3.63) is 0 Å². The Bertz CT molecular complexity index is 886. The van der Waals surface area contributed by atoms with Crippen LogP contribution in [0.3, 0.4) is 0 Å². The van der Waals surface area contributed by atoms with Crippen LogP contribution < -0.4 is 4.72 Å². The minimum atomic E-state index is -4.92. The van der Waals surface area contributed by atoms with Gasteiger partial charge in [0.05, 0.1) is 6.07 Å². The van der Waals surface area contributed by atoms with E-state index in [2.05, 4.69) is 6.92 Å². The van der Waals surface area contributed by atoms with E-state index in [-0.39, 0.29) is 6.54 Å². The van der Waals surface area contributed by atoms with E-state index in [1.165, 1.54) is 30.4 Å². The van der Waals surface area contributed by atoms with Crippen molar-refractivity contribution in [3.63, 3.8) is 0 Å². The molecule has 0 radical (unpaired) electrons. The van der Waals surface area contributed by atoms with Gasteiger partial charge in [0.15, 0.2) is 0 Å². The standard InChI is InChI=1S/C19H35N3O8S3/c1-3-4-5-6-7-8-9-10-11-12-13-22(33(28,29)30)18(31)19(2,15-20)14-16(17(23)24)21-32(25,26)27/h16,21H,3-14H2,1-2H3,(H,23,24)(H,25,26,27)(H,28,29,30). The second kappa shape index (κ2) is 14.8. The molecule has 0 amide bonds. The summed E-state index contributed by atoms with van der Waals surface area (Å²) < 4.78 is 66.2. The Morgan fingerprint density at radius 3 is 1.85 bits per heavy atom. The molecule has 0 heterocycles. The molecule has 2 atom stereocenters. The van der Waals surface area contributed by atoms with E-state index in [1.807, 2.05) is 0 Å². The van der Waals surface area contributed by atoms with Crippen molar-refractivity contribution in [2.24, 2.45) is 5.41 Å². The van der Waals surface area contributed by atoms with Gasteiger partial charge in [-0.05, 0) is 19.8 Å². The van der Waals surface area contributed by atoms with Crippen LogP contribution in [0.25, 0.3) is 0 Å². The summed E-state index contributed by atoms with van der Waals surface area (Å²) in [6, 6.07) is -0.253. The van der Waals surface area contributed by atoms with Gasteiger partial charge in [0.25, 0.3) is 0 Å². The first-order valence-electron chi connectivity index (χ1n) is 10.9. The fourth-order valence-electron chi connectivity index (χ4n) is 3.29. The summed E-state index contributed by atoms with van der Waals surface area (Å²) >= 11 is 5.11. The number of hydrogen-bond donors (Lipinski definition) is 4. The Kier molecular flexibility index (Phi) is 14.2. The van der Waals surface area contributed by atoms with Crippen molar-refractivity contribution in [2.75, 3.05) is 6.54 Å². The number of carboxylic acid groups (broad SMARTS) is 1. The van der Waals surface area contributed by atoms with Gasteiger partial charge in [-0.2, -0.15) is 26.8 Å². The molecular weight excluding hydrogens is 494 g/mol. The summed E-state index contributed by atoms with van der Waals surface area (Å²) in [4.78, 5) is 10.8. The van der Waals surface area contributed by atoms with Crippen LogP contribution in [0.2, 0.25) is 0 Å². The molecule has 11 nitrogen and oxygen atoms in total. The van der Waals surface area contributed by atoms with Gasteiger partial charge in [-0.15, -0.1) is 0 Å². The Labute approximate surface area is 202 Å². The van der Waals surface area contributed by atoms with Gasteiger partial charge < -0.3 is 5.11 Å². The smallest absolute Gasteiger partial charge is 0.360 e. The zero-order chi connectivity index (χ0) is 25.7. The SMILES string of the molecule is CCCCCCCCCCCCN(C(=S)C(C)(C#N)CC(NS(=O)(=O)O)C(=O)O)S(=O)(=O)O. The van der Waals surface area contributed by atoms with Gasteiger partial charge in [-0.25, -0.2) is 4.31 Å². The number of nitrogens with one attached hydrogen (secondary N) is 1. The van der Waals surface area contributed by atoms with E-state index in [0.29, 0.717) is 17.1 Å². The molecule has 0 aliphatic heterocycles. The molecule has 0 aromatic rings. The maximum atomic E-state index is 11.9. The quantitative estimate of drug-likeness (QED) is 0.117. The molecule has 0 aromatic heterocycles. The second-order valence-electron chi connectivity index (χ2n) is 8.17. The van der Waals surface area contributed by atoms with Crippen LogP contribution in [0.4, 0.5) is 0 Å². The second-order valence-corrected chi connectivity index (χ2v) is 11.1. The van der Waals surface area contributed by atoms with E-state index in [0.717, 1.165) is 32.6 Å². The molecule has 14 heteroatoms. The Morgan fingerprint density at radius 2 is 1.48 bits per heavy atom. The number of thiocarbonyl (C=S) groups is 1. The topological polar surface area (TPSA) is 185 Å². The van der Waals surface area contributed by atoms with Crippen molar-refractivity contribution in [1.29, 1.82) is 5.26 Å². The number of nitrogens with zero attached hydrogens (tertiary/aromatic N) is 2. The Hall–Kier alpha value is -1.37. The van der Waals surface area contributed by atoms with Gasteiger partial charge in [0.1, 0.15) is 16.4 Å². The number of carbonyl (C=O) groups is 1. The van der Waals surface area contributed by atoms with Crippen molar-refractivity contribution in [2.45, 2.75) is 90.5 Å². The van der Waals surface area contributed by atoms with E-state index >= 15 is 0 Å². The molecule has 0 rings (SSSR count). The van der Waals surface area contributed by atoms with E-state index in [4.69, 9.17) is 16.8 Å². The number of carboxylic acids is 1. The van der Waals surface area contributed by atoms with Crippen molar-refractivity contribution >= 4 is 43.8 Å². The molecule has 33 heavy (non-hydrogen) atoms. The summed E-state index contributed by atoms with van der Waals surface area (Å²) in [5, 5.41) is 18.8. The third kappa shape index (κ3) is 13.2. The van der Waals surface area contributed by atoms with Crippen molar-refractivity contribution in [1.82, 2.24) is 9.03 Å². The van der Waals surface area contributed by atoms with Crippen LogP contribution in [-0.4, -0.2) is 58.9 Å². The molecule has 0 aliphatic rings. The third-order valence-corrected chi connectivity index (χ3v) is 7.43. The van der Waals surface area contributed by atoms with Crippen molar-refractivity contribution in [3.8, 4) is 6.07 Å². The molecule has 0 fully saturated rings. The zero-order valence-electron chi connectivity index (χ0n) is 19.1. The molecular formula is C19H35N3O8S3. The lowest BCUT2D eigenvalue weighted by molar-refractivity contribution is -0.139. The number of aliphatic carboxylic acids is 1. The maximum Gasteiger partial charge on any atom is 0.360 e. The molecule has 2 unspecified atom stereocenters. The molecule has 0 aliphatic carbocycles. The fraction of sp³-hybridized carbons (Fsp3) is 0.842. The highest BCUT2D eigenvalue weighted by Crippen LogP contribution is 2.29. The van der Waals surface area contributed by atoms with Crippen LogP contribution >= 0.6 is 12.2 Å². The van der Waals surface area contributed by atoms with Crippen LogP contribution in [0.1, 0.15) is 84.5 Å². The van der Waals surface area contributed by atoms with E-state index < -0.39 is 49.4 Å². The van der Waals surface area contributed by atoms with Gasteiger partial charge in [0, 0.05) is 6.54 Å². The fourth-order valence-corrected chi connectivity index (χ4v) is 5.11. The molecule has 0 saturated carbocycles. The molecule has 0 aromatic carbocycles. The third-order valence-electron chi connectivity index (χ3n) is 5.14. The molecule has 0 saturated heterocycles. The first-order valence-corrected chi connectivity index (χ1v) is 14.1. The first kappa shape index (κ1) is 31.6. The van der Waals surface area contributed by atoms with Crippen molar-refractivity contribution < 1.29 is 35.8 Å². The highest BCUT2D eigenvalue weighted by Gasteiger charge is 2.41. The van der Waals surface area contributed by atoms with Crippen LogP contribution in [0.5, 0.6) is 0 Å². The zero-order valence-corrected chi connectivity index (χ0v) is 21.5. The summed E-state index contributed by atoms with van der Waals surface area (Å²) in [5.41, 5.74) is -1.95. The lowest BCUT2D eigenvalue weighted by atomic mass is 9.85. The molecule has 0 spiro atoms. The number of nitriles is 1. The number of unbranched alkanes of at least 4 members (excludes halogenated alkanes) is 9. The van der Waals surface area contributed by atoms with Gasteiger partial charge in [-0.1, -0.05) is 76.9 Å². The minimum absolute atomic E-state index is 0.213. The Balaban J connectivity index is 5.05. The highest BCUT2D eigenvalue weighted by molar-refractivity contribution is 7.87.